The van der Waals surface area contributed by atoms with Crippen LogP contribution in [-0.4, -0.2) is 34.2 Å². The first kappa shape index (κ1) is 17.3. The summed E-state index contributed by atoms with van der Waals surface area (Å²) in [5, 5.41) is 3.34. The van der Waals surface area contributed by atoms with Crippen LogP contribution in [0.15, 0.2) is 24.3 Å². The van der Waals surface area contributed by atoms with Crippen LogP contribution in [0.2, 0.25) is 0 Å². The minimum absolute atomic E-state index is 0.0894. The van der Waals surface area contributed by atoms with Crippen LogP contribution in [0, 0.1) is 5.82 Å². The lowest BCUT2D eigenvalue weighted by Gasteiger charge is -2.36. The molecule has 1 aliphatic heterocycles. The number of rotatable bonds is 5. The molecular weight excluding hydrogens is 398 g/mol. The molecule has 122 valence electrons. The number of carbonyl (C=O) groups excluding carboxylic acids is 1. The number of nitrogens with zero attached hydrogens (tertiary/aromatic N) is 1. The van der Waals surface area contributed by atoms with Gasteiger partial charge in [-0.2, -0.15) is 0 Å². The summed E-state index contributed by atoms with van der Waals surface area (Å²) in [6.07, 6.45) is 3.34. The van der Waals surface area contributed by atoms with Crippen LogP contribution >= 0.6 is 22.6 Å². The Morgan fingerprint density at radius 1 is 1.55 bits per heavy atom. The fraction of sp³-hybridized carbons (Fsp3) is 0.562. The molecule has 1 aliphatic rings. The number of hydrogen-bond donors (Lipinski definition) is 1. The Hall–Kier alpha value is -1.05. The van der Waals surface area contributed by atoms with Crippen molar-refractivity contribution in [1.82, 2.24) is 4.90 Å². The summed E-state index contributed by atoms with van der Waals surface area (Å²) in [7, 11) is 0. The molecular formula is C16H22FIN2O2. The molecule has 4 nitrogen and oxygen atoms in total. The lowest BCUT2D eigenvalue weighted by Crippen LogP contribution is -2.46. The van der Waals surface area contributed by atoms with E-state index in [1.54, 1.807) is 11.0 Å². The predicted octanol–water partition coefficient (Wildman–Crippen LogP) is 4.40. The molecule has 1 aromatic carbocycles. The molecule has 1 N–H and O–H groups in total. The number of ether oxygens (including phenoxy) is 1. The molecule has 22 heavy (non-hydrogen) atoms. The van der Waals surface area contributed by atoms with Gasteiger partial charge in [0.1, 0.15) is 5.82 Å². The molecule has 0 aliphatic carbocycles. The smallest absolute Gasteiger partial charge is 0.410 e. The van der Waals surface area contributed by atoms with Crippen molar-refractivity contribution in [1.29, 1.82) is 0 Å². The zero-order valence-electron chi connectivity index (χ0n) is 12.7. The van der Waals surface area contributed by atoms with Crippen molar-refractivity contribution in [2.75, 3.05) is 18.5 Å². The van der Waals surface area contributed by atoms with Crippen LogP contribution in [0.25, 0.3) is 0 Å². The maximum Gasteiger partial charge on any atom is 0.410 e. The highest BCUT2D eigenvalue weighted by molar-refractivity contribution is 14.1. The van der Waals surface area contributed by atoms with Gasteiger partial charge in [0, 0.05) is 18.3 Å². The van der Waals surface area contributed by atoms with Crippen molar-refractivity contribution in [3.8, 4) is 0 Å². The Kier molecular flexibility index (Phi) is 6.72. The monoisotopic (exact) mass is 420 g/mol. The van der Waals surface area contributed by atoms with Crippen molar-refractivity contribution in [3.05, 3.63) is 30.1 Å². The first-order valence-corrected chi connectivity index (χ1v) is 8.94. The highest BCUT2D eigenvalue weighted by Crippen LogP contribution is 2.26. The predicted molar refractivity (Wildman–Crippen MR) is 93.8 cm³/mol. The summed E-state index contributed by atoms with van der Waals surface area (Å²) in [6, 6.07) is 6.72. The fourth-order valence-corrected chi connectivity index (χ4v) is 3.57. The number of halogens is 2. The molecule has 2 rings (SSSR count). The number of anilines is 1. The standard InChI is InChI=1S/C16H22FIN2O2/c1-2-3-9-22-16(21)20-8-7-14(11-15(20)18)19-13-6-4-5-12(17)10-13/h4-6,10,14-15,19H,2-3,7-9,11H2,1H3/t14-,15-/m1/s1. The largest absolute Gasteiger partial charge is 0.449 e. The number of hydrogen-bond acceptors (Lipinski definition) is 3. The van der Waals surface area contributed by atoms with Crippen molar-refractivity contribution in [2.45, 2.75) is 42.7 Å². The number of alkyl halides is 1. The van der Waals surface area contributed by atoms with E-state index < -0.39 is 0 Å². The molecule has 6 heteroatoms. The van der Waals surface area contributed by atoms with Gasteiger partial charge in [-0.25, -0.2) is 9.18 Å². The Balaban J connectivity index is 1.83. The van der Waals surface area contributed by atoms with Crippen molar-refractivity contribution in [3.63, 3.8) is 0 Å². The van der Waals surface area contributed by atoms with Crippen LogP contribution in [0.1, 0.15) is 32.6 Å². The van der Waals surface area contributed by atoms with Crippen LogP contribution < -0.4 is 5.32 Å². The number of unbranched alkanes of at least 4 members (excludes halogenated alkanes) is 1. The van der Waals surface area contributed by atoms with Crippen LogP contribution in [0.3, 0.4) is 0 Å². The Labute approximate surface area is 144 Å². The first-order chi connectivity index (χ1) is 10.6. The maximum atomic E-state index is 13.2. The number of likely N-dealkylation sites (tertiary alicyclic amines) is 1. The van der Waals surface area contributed by atoms with Gasteiger partial charge < -0.3 is 10.1 Å². The third-order valence-corrected chi connectivity index (χ3v) is 4.87. The molecule has 0 spiro atoms. The average Bonchev–Trinajstić information content (AvgIpc) is 2.47. The molecule has 0 bridgehead atoms. The van der Waals surface area contributed by atoms with Crippen molar-refractivity contribution >= 4 is 34.4 Å². The number of carbonyl (C=O) groups is 1. The van der Waals surface area contributed by atoms with Crippen LogP contribution in [0.5, 0.6) is 0 Å². The molecule has 0 unspecified atom stereocenters. The van der Waals surface area contributed by atoms with Crippen LogP contribution in [0.4, 0.5) is 14.9 Å². The topological polar surface area (TPSA) is 41.6 Å². The lowest BCUT2D eigenvalue weighted by molar-refractivity contribution is 0.0898. The Morgan fingerprint density at radius 2 is 2.36 bits per heavy atom. The summed E-state index contributed by atoms with van der Waals surface area (Å²) < 4.78 is 18.6. The fourth-order valence-electron chi connectivity index (χ4n) is 2.45. The van der Waals surface area contributed by atoms with E-state index in [9.17, 15) is 9.18 Å². The van der Waals surface area contributed by atoms with Gasteiger partial charge in [0.05, 0.1) is 10.7 Å². The van der Waals surface area contributed by atoms with Gasteiger partial charge in [-0.1, -0.05) is 42.0 Å². The summed E-state index contributed by atoms with van der Waals surface area (Å²) in [5.74, 6) is -0.243. The van der Waals surface area contributed by atoms with Crippen molar-refractivity contribution < 1.29 is 13.9 Å². The molecule has 1 fully saturated rings. The van der Waals surface area contributed by atoms with Crippen LogP contribution in [-0.2, 0) is 4.74 Å². The molecule has 1 heterocycles. The third-order valence-electron chi connectivity index (χ3n) is 3.69. The molecule has 2 atom stereocenters. The van der Waals surface area contributed by atoms with Crippen molar-refractivity contribution in [2.24, 2.45) is 0 Å². The minimum atomic E-state index is -0.243. The normalized spacial score (nSPS) is 21.5. The number of benzene rings is 1. The Morgan fingerprint density at radius 3 is 3.05 bits per heavy atom. The highest BCUT2D eigenvalue weighted by Gasteiger charge is 2.30. The zero-order valence-corrected chi connectivity index (χ0v) is 14.9. The molecule has 1 amide bonds. The number of piperidine rings is 1. The van der Waals surface area contributed by atoms with E-state index >= 15 is 0 Å². The van der Waals surface area contributed by atoms with Gasteiger partial charge in [-0.3, -0.25) is 4.90 Å². The van der Waals surface area contributed by atoms with E-state index in [0.29, 0.717) is 13.2 Å². The van der Waals surface area contributed by atoms with Gasteiger partial charge in [-0.05, 0) is 37.5 Å². The second-order valence-corrected chi connectivity index (χ2v) is 6.91. The van der Waals surface area contributed by atoms with Gasteiger partial charge in [-0.15, -0.1) is 0 Å². The Bertz CT molecular complexity index is 501. The van der Waals surface area contributed by atoms with E-state index in [1.807, 2.05) is 6.07 Å². The van der Waals surface area contributed by atoms with E-state index in [4.69, 9.17) is 4.74 Å². The SMILES string of the molecule is CCCCOC(=O)N1CC[C@@H](Nc2cccc(F)c2)C[C@@H]1I. The summed E-state index contributed by atoms with van der Waals surface area (Å²) in [4.78, 5) is 13.8. The van der Waals surface area contributed by atoms with Gasteiger partial charge >= 0.3 is 6.09 Å². The van der Waals surface area contributed by atoms with E-state index in [0.717, 1.165) is 31.4 Å². The maximum absolute atomic E-state index is 13.2. The molecule has 1 saturated heterocycles. The van der Waals surface area contributed by atoms with E-state index in [-0.39, 0.29) is 22.0 Å². The quantitative estimate of drug-likeness (QED) is 0.332. The molecule has 0 radical (unpaired) electrons. The average molecular weight is 420 g/mol. The summed E-state index contributed by atoms with van der Waals surface area (Å²) in [6.45, 7) is 3.21. The van der Waals surface area contributed by atoms with Gasteiger partial charge in [0.2, 0.25) is 0 Å². The second kappa shape index (κ2) is 8.55. The zero-order chi connectivity index (χ0) is 15.9. The first-order valence-electron chi connectivity index (χ1n) is 7.69. The molecule has 1 aromatic rings. The third kappa shape index (κ3) is 5.00. The second-order valence-electron chi connectivity index (χ2n) is 5.47. The molecule has 0 saturated carbocycles. The highest BCUT2D eigenvalue weighted by atomic mass is 127. The number of nitrogens with one attached hydrogen (secondary N) is 1. The number of amides is 1. The minimum Gasteiger partial charge on any atom is -0.449 e. The summed E-state index contributed by atoms with van der Waals surface area (Å²) in [5.41, 5.74) is 0.785. The lowest BCUT2D eigenvalue weighted by atomic mass is 10.0. The molecule has 0 aromatic heterocycles. The van der Waals surface area contributed by atoms with E-state index in [1.165, 1.54) is 12.1 Å². The summed E-state index contributed by atoms with van der Waals surface area (Å²) >= 11 is 2.27. The van der Waals surface area contributed by atoms with Gasteiger partial charge in [0.25, 0.3) is 0 Å². The van der Waals surface area contributed by atoms with E-state index in [2.05, 4.69) is 34.8 Å². The van der Waals surface area contributed by atoms with Gasteiger partial charge in [0.15, 0.2) is 0 Å².